The van der Waals surface area contributed by atoms with Gasteiger partial charge in [-0.25, -0.2) is 9.40 Å². The highest BCUT2D eigenvalue weighted by Crippen LogP contribution is 2.44. The van der Waals surface area contributed by atoms with Crippen LogP contribution in [0.1, 0.15) is 26.3 Å². The molecule has 0 spiro atoms. The van der Waals surface area contributed by atoms with Crippen molar-refractivity contribution >= 4 is 41.1 Å². The Labute approximate surface area is 187 Å². The maximum Gasteiger partial charge on any atom is 0.417 e. The first-order valence-corrected chi connectivity index (χ1v) is 10.4. The lowest BCUT2D eigenvalue weighted by Crippen LogP contribution is -2.32. The number of H-pyrrole nitrogens is 1. The van der Waals surface area contributed by atoms with Crippen molar-refractivity contribution < 1.29 is 13.2 Å². The second-order valence-corrected chi connectivity index (χ2v) is 9.44. The Morgan fingerprint density at radius 3 is 2.45 bits per heavy atom. The molecule has 3 aromatic rings. The summed E-state index contributed by atoms with van der Waals surface area (Å²) in [6.45, 7) is 6.15. The molecule has 0 radical (unpaired) electrons. The second-order valence-electron chi connectivity index (χ2n) is 7.84. The highest BCUT2D eigenvalue weighted by Gasteiger charge is 2.35. The maximum absolute atomic E-state index is 13.9. The number of aromatic amines is 1. The molecule has 1 heterocycles. The summed E-state index contributed by atoms with van der Waals surface area (Å²) < 4.78 is 43.9. The third-order valence-corrected chi connectivity index (χ3v) is 6.05. The fourth-order valence-corrected chi connectivity index (χ4v) is 3.90. The van der Waals surface area contributed by atoms with Gasteiger partial charge in [-0.05, 0) is 69.6 Å². The van der Waals surface area contributed by atoms with E-state index in [-0.39, 0.29) is 33.7 Å². The summed E-state index contributed by atoms with van der Waals surface area (Å²) in [7, 11) is 1.93. The van der Waals surface area contributed by atoms with Gasteiger partial charge >= 0.3 is 6.18 Å². The molecule has 0 aliphatic rings. The minimum absolute atomic E-state index is 0.0378. The van der Waals surface area contributed by atoms with Gasteiger partial charge < -0.3 is 11.1 Å². The molecule has 166 valence electrons. The Morgan fingerprint density at radius 1 is 1.16 bits per heavy atom. The summed E-state index contributed by atoms with van der Waals surface area (Å²) >= 11 is 7.80. The van der Waals surface area contributed by atoms with Crippen LogP contribution in [0.25, 0.3) is 11.1 Å². The number of benzene rings is 2. The molecular formula is C20H22ClF3N6S. The smallest absolute Gasteiger partial charge is 0.368 e. The summed E-state index contributed by atoms with van der Waals surface area (Å²) in [5.41, 5.74) is 4.85. The predicted octanol–water partition coefficient (Wildman–Crippen LogP) is 6.21. The molecule has 0 saturated carbocycles. The molecule has 0 fully saturated rings. The van der Waals surface area contributed by atoms with Crippen molar-refractivity contribution in [2.45, 2.75) is 37.4 Å². The molecule has 4 N–H and O–H groups in total. The van der Waals surface area contributed by atoms with Gasteiger partial charge in [-0.15, -0.1) is 5.10 Å². The number of halogens is 4. The minimum atomic E-state index is -4.62. The van der Waals surface area contributed by atoms with E-state index in [1.54, 1.807) is 18.2 Å². The van der Waals surface area contributed by atoms with E-state index < -0.39 is 11.7 Å². The zero-order valence-electron chi connectivity index (χ0n) is 17.3. The Kier molecular flexibility index (Phi) is 6.45. The van der Waals surface area contributed by atoms with Crippen LogP contribution in [0.15, 0.2) is 41.3 Å². The molecule has 1 aromatic heterocycles. The zero-order valence-corrected chi connectivity index (χ0v) is 18.9. The van der Waals surface area contributed by atoms with E-state index in [4.69, 9.17) is 17.3 Å². The first-order chi connectivity index (χ1) is 14.3. The molecule has 2 aromatic carbocycles. The van der Waals surface area contributed by atoms with Crippen LogP contribution in [0, 0.1) is 0 Å². The Morgan fingerprint density at radius 2 is 1.87 bits per heavy atom. The van der Waals surface area contributed by atoms with Crippen LogP contribution in [0.2, 0.25) is 5.02 Å². The Balaban J connectivity index is 2.03. The van der Waals surface area contributed by atoms with E-state index in [2.05, 4.69) is 41.3 Å². The number of nitrogens with zero attached hydrogens (tertiary/aromatic N) is 3. The minimum Gasteiger partial charge on any atom is -0.368 e. The number of hydrogen-bond donors (Lipinski definition) is 3. The van der Waals surface area contributed by atoms with Crippen molar-refractivity contribution in [3.05, 3.63) is 47.0 Å². The maximum atomic E-state index is 13.9. The van der Waals surface area contributed by atoms with Crippen molar-refractivity contribution in [3.8, 4) is 11.1 Å². The molecule has 0 atom stereocenters. The summed E-state index contributed by atoms with van der Waals surface area (Å²) in [6, 6.07) is 9.26. The van der Waals surface area contributed by atoms with Crippen molar-refractivity contribution in [1.29, 1.82) is 0 Å². The first kappa shape index (κ1) is 23.2. The van der Waals surface area contributed by atoms with E-state index in [1.807, 2.05) is 17.4 Å². The number of hydrogen-bond acceptors (Lipinski definition) is 6. The topological polar surface area (TPSA) is 82.9 Å². The number of nitrogen functional groups attached to an aromatic ring is 1. The third kappa shape index (κ3) is 5.63. The van der Waals surface area contributed by atoms with Crippen LogP contribution in [0.3, 0.4) is 0 Å². The number of alkyl halides is 3. The lowest BCUT2D eigenvalue weighted by Gasteiger charge is -2.30. The second kappa shape index (κ2) is 8.60. The van der Waals surface area contributed by atoms with E-state index in [9.17, 15) is 13.2 Å². The van der Waals surface area contributed by atoms with E-state index in [0.29, 0.717) is 5.56 Å². The SMILES string of the molecule is CN(Sc1cccc(-c2c(Cl)cc(Nc3n[nH]c(N)n3)cc2C(F)(F)F)c1)C(C)(C)C. The number of aromatic nitrogens is 3. The van der Waals surface area contributed by atoms with Crippen LogP contribution >= 0.6 is 23.5 Å². The van der Waals surface area contributed by atoms with Gasteiger partial charge in [0.25, 0.3) is 0 Å². The van der Waals surface area contributed by atoms with Crippen molar-refractivity contribution in [2.24, 2.45) is 0 Å². The third-order valence-electron chi connectivity index (χ3n) is 4.46. The number of rotatable bonds is 5. The summed E-state index contributed by atoms with van der Waals surface area (Å²) in [6.07, 6.45) is -4.62. The van der Waals surface area contributed by atoms with Crippen molar-refractivity contribution in [2.75, 3.05) is 18.1 Å². The molecule has 3 rings (SSSR count). The zero-order chi connectivity index (χ0) is 23.0. The molecule has 0 saturated heterocycles. The number of nitrogens with two attached hydrogens (primary N) is 1. The van der Waals surface area contributed by atoms with Gasteiger partial charge in [-0.3, -0.25) is 0 Å². The van der Waals surface area contributed by atoms with Gasteiger partial charge in [-0.1, -0.05) is 23.7 Å². The van der Waals surface area contributed by atoms with Crippen LogP contribution < -0.4 is 11.1 Å². The summed E-state index contributed by atoms with van der Waals surface area (Å²) in [5, 5.41) is 8.81. The lowest BCUT2D eigenvalue weighted by molar-refractivity contribution is -0.137. The van der Waals surface area contributed by atoms with E-state index >= 15 is 0 Å². The molecule has 11 heteroatoms. The fourth-order valence-electron chi connectivity index (χ4n) is 2.66. The van der Waals surface area contributed by atoms with Gasteiger partial charge in [0.15, 0.2) is 0 Å². The van der Waals surface area contributed by atoms with E-state index in [0.717, 1.165) is 11.0 Å². The molecule has 6 nitrogen and oxygen atoms in total. The molecule has 0 aliphatic heterocycles. The molecule has 0 amide bonds. The largest absolute Gasteiger partial charge is 0.417 e. The van der Waals surface area contributed by atoms with Crippen LogP contribution in [-0.4, -0.2) is 32.1 Å². The predicted molar refractivity (Wildman–Crippen MR) is 119 cm³/mol. The quantitative estimate of drug-likeness (QED) is 0.385. The van der Waals surface area contributed by atoms with Crippen molar-refractivity contribution in [3.63, 3.8) is 0 Å². The highest BCUT2D eigenvalue weighted by molar-refractivity contribution is 7.97. The molecular weight excluding hydrogens is 449 g/mol. The average Bonchev–Trinajstić information content (AvgIpc) is 3.04. The van der Waals surface area contributed by atoms with Gasteiger partial charge in [-0.2, -0.15) is 18.2 Å². The van der Waals surface area contributed by atoms with Gasteiger partial charge in [0, 0.05) is 21.7 Å². The van der Waals surface area contributed by atoms with E-state index in [1.165, 1.54) is 18.0 Å². The molecule has 0 bridgehead atoms. The normalized spacial score (nSPS) is 12.4. The van der Waals surface area contributed by atoms with Crippen LogP contribution in [-0.2, 0) is 6.18 Å². The monoisotopic (exact) mass is 470 g/mol. The van der Waals surface area contributed by atoms with Crippen LogP contribution in [0.5, 0.6) is 0 Å². The summed E-state index contributed by atoms with van der Waals surface area (Å²) in [5.74, 6) is 0.0776. The van der Waals surface area contributed by atoms with Gasteiger partial charge in [0.2, 0.25) is 11.9 Å². The first-order valence-electron chi connectivity index (χ1n) is 9.22. The number of nitrogens with one attached hydrogen (secondary N) is 2. The number of anilines is 3. The lowest BCUT2D eigenvalue weighted by atomic mass is 9.98. The van der Waals surface area contributed by atoms with Gasteiger partial charge in [0.05, 0.1) is 10.6 Å². The molecule has 31 heavy (non-hydrogen) atoms. The summed E-state index contributed by atoms with van der Waals surface area (Å²) in [4.78, 5) is 4.64. The Bertz CT molecular complexity index is 1080. The van der Waals surface area contributed by atoms with Crippen molar-refractivity contribution in [1.82, 2.24) is 19.5 Å². The van der Waals surface area contributed by atoms with Gasteiger partial charge in [0.1, 0.15) is 0 Å². The standard InChI is InChI=1S/C20H22ClF3N6S/c1-19(2,3)30(4)31-13-7-5-6-11(8-13)16-14(20(22,23)24)9-12(10-15(16)21)26-18-27-17(25)28-29-18/h5-10H,1-4H3,(H4,25,26,27,28,29). The molecule has 0 unspecified atom stereocenters. The average molecular weight is 471 g/mol. The Hall–Kier alpha value is -2.43. The fraction of sp³-hybridized carbons (Fsp3) is 0.300. The van der Waals surface area contributed by atoms with Crippen LogP contribution in [0.4, 0.5) is 30.8 Å². The molecule has 0 aliphatic carbocycles. The highest BCUT2D eigenvalue weighted by atomic mass is 35.5.